The van der Waals surface area contributed by atoms with E-state index in [1.54, 1.807) is 45.7 Å². The van der Waals surface area contributed by atoms with Crippen molar-refractivity contribution < 1.29 is 23.9 Å². The zero-order valence-electron chi connectivity index (χ0n) is 25.6. The molecule has 1 aliphatic carbocycles. The number of pyridine rings is 1. The Bertz CT molecular complexity index is 1660. The van der Waals surface area contributed by atoms with Crippen molar-refractivity contribution in [2.45, 2.75) is 70.1 Å². The molecule has 1 spiro atoms. The van der Waals surface area contributed by atoms with Gasteiger partial charge in [-0.25, -0.2) is 9.78 Å². The van der Waals surface area contributed by atoms with Crippen LogP contribution in [0.1, 0.15) is 62.9 Å². The standard InChI is InChI=1S/C34H37N5O5/c1-32(2,3)44-31(43)39-19-26(21-10-7-6-8-11-21)38(30(42)33(39,4)5)20-27(40)36-24-14-13-22-17-34(18-23(22)16-24)25-12-9-15-35-28(25)37-29(34)41/h6-16,26H,17-20H2,1-5H3,(H,36,40)(H,35,37,41)/t26-,34+/m0/s1. The van der Waals surface area contributed by atoms with Gasteiger partial charge in [0.2, 0.25) is 17.7 Å². The summed E-state index contributed by atoms with van der Waals surface area (Å²) >= 11 is 0. The molecule has 10 nitrogen and oxygen atoms in total. The summed E-state index contributed by atoms with van der Waals surface area (Å²) in [7, 11) is 0. The molecule has 1 fully saturated rings. The van der Waals surface area contributed by atoms with Crippen LogP contribution in [-0.2, 0) is 37.4 Å². The van der Waals surface area contributed by atoms with E-state index in [2.05, 4.69) is 15.6 Å². The molecule has 6 rings (SSSR count). The second kappa shape index (κ2) is 10.5. The number of hydrogen-bond acceptors (Lipinski definition) is 6. The first-order valence-electron chi connectivity index (χ1n) is 14.8. The molecule has 4 amide bonds. The van der Waals surface area contributed by atoms with Crippen molar-refractivity contribution >= 4 is 35.3 Å². The fraction of sp³-hybridized carbons (Fsp3) is 0.382. The number of aromatic nitrogens is 1. The number of piperazine rings is 1. The van der Waals surface area contributed by atoms with Gasteiger partial charge in [-0.3, -0.25) is 19.3 Å². The molecule has 0 saturated carbocycles. The number of nitrogens with one attached hydrogen (secondary N) is 2. The predicted octanol–water partition coefficient (Wildman–Crippen LogP) is 4.61. The third-order valence-corrected chi connectivity index (χ3v) is 8.77. The Morgan fingerprint density at radius 1 is 1.02 bits per heavy atom. The van der Waals surface area contributed by atoms with Crippen LogP contribution in [0.4, 0.5) is 16.3 Å². The van der Waals surface area contributed by atoms with Gasteiger partial charge in [0.25, 0.3) is 0 Å². The van der Waals surface area contributed by atoms with Crippen molar-refractivity contribution in [3.63, 3.8) is 0 Å². The largest absolute Gasteiger partial charge is 0.444 e. The Morgan fingerprint density at radius 3 is 2.48 bits per heavy atom. The second-order valence-corrected chi connectivity index (χ2v) is 13.3. The van der Waals surface area contributed by atoms with Crippen LogP contribution in [0, 0.1) is 0 Å². The quantitative estimate of drug-likeness (QED) is 0.455. The van der Waals surface area contributed by atoms with Crippen molar-refractivity contribution in [2.24, 2.45) is 0 Å². The molecule has 2 aliphatic heterocycles. The Morgan fingerprint density at radius 2 is 1.75 bits per heavy atom. The first-order chi connectivity index (χ1) is 20.8. The van der Waals surface area contributed by atoms with Gasteiger partial charge in [-0.05, 0) is 82.3 Å². The average molecular weight is 596 g/mol. The van der Waals surface area contributed by atoms with Gasteiger partial charge >= 0.3 is 6.09 Å². The van der Waals surface area contributed by atoms with E-state index in [1.807, 2.05) is 60.7 Å². The minimum Gasteiger partial charge on any atom is -0.444 e. The summed E-state index contributed by atoms with van der Waals surface area (Å²) in [5.41, 5.74) is 1.66. The van der Waals surface area contributed by atoms with E-state index in [0.29, 0.717) is 24.3 Å². The summed E-state index contributed by atoms with van der Waals surface area (Å²) < 4.78 is 5.65. The van der Waals surface area contributed by atoms with Crippen LogP contribution in [-0.4, -0.2) is 62.8 Å². The van der Waals surface area contributed by atoms with Crippen LogP contribution in [0.25, 0.3) is 0 Å². The summed E-state index contributed by atoms with van der Waals surface area (Å²) in [5.74, 6) is -0.173. The number of amides is 4. The Hall–Kier alpha value is -4.73. The lowest BCUT2D eigenvalue weighted by molar-refractivity contribution is -0.155. The molecule has 1 saturated heterocycles. The zero-order chi connectivity index (χ0) is 31.4. The molecule has 10 heteroatoms. The molecule has 0 bridgehead atoms. The van der Waals surface area contributed by atoms with Gasteiger partial charge in [-0.1, -0.05) is 42.5 Å². The maximum absolute atomic E-state index is 14.0. The van der Waals surface area contributed by atoms with E-state index >= 15 is 0 Å². The molecule has 2 atom stereocenters. The van der Waals surface area contributed by atoms with E-state index in [1.165, 1.54) is 4.90 Å². The van der Waals surface area contributed by atoms with Crippen molar-refractivity contribution in [1.82, 2.24) is 14.8 Å². The van der Waals surface area contributed by atoms with Gasteiger partial charge < -0.3 is 20.3 Å². The van der Waals surface area contributed by atoms with E-state index in [0.717, 1.165) is 22.3 Å². The number of benzene rings is 2. The van der Waals surface area contributed by atoms with Gasteiger partial charge in [0, 0.05) is 24.0 Å². The summed E-state index contributed by atoms with van der Waals surface area (Å²) in [5, 5.41) is 5.88. The fourth-order valence-corrected chi connectivity index (χ4v) is 6.57. The number of carbonyl (C=O) groups excluding carboxylic acids is 4. The smallest absolute Gasteiger partial charge is 0.411 e. The molecule has 3 aliphatic rings. The third kappa shape index (κ3) is 5.08. The van der Waals surface area contributed by atoms with E-state index in [-0.39, 0.29) is 30.8 Å². The van der Waals surface area contributed by atoms with Crippen LogP contribution < -0.4 is 10.6 Å². The van der Waals surface area contributed by atoms with Crippen LogP contribution in [0.3, 0.4) is 0 Å². The van der Waals surface area contributed by atoms with Crippen LogP contribution in [0.2, 0.25) is 0 Å². The highest BCUT2D eigenvalue weighted by molar-refractivity contribution is 6.06. The van der Waals surface area contributed by atoms with Gasteiger partial charge in [0.15, 0.2) is 0 Å². The Labute approximate surface area is 256 Å². The lowest BCUT2D eigenvalue weighted by Gasteiger charge is -2.49. The second-order valence-electron chi connectivity index (χ2n) is 13.3. The highest BCUT2D eigenvalue weighted by atomic mass is 16.6. The molecule has 2 aromatic carbocycles. The first kappa shape index (κ1) is 29.3. The Kier molecular flexibility index (Phi) is 6.98. The zero-order valence-corrected chi connectivity index (χ0v) is 25.6. The monoisotopic (exact) mass is 595 g/mol. The highest BCUT2D eigenvalue weighted by Crippen LogP contribution is 2.47. The SMILES string of the molecule is CC(C)(C)OC(=O)N1C[C@@H](c2ccccc2)N(CC(=O)Nc2ccc3c(c2)C[C@@]2(C3)C(=O)Nc3ncccc32)C(=O)C1(C)C. The van der Waals surface area contributed by atoms with Gasteiger partial charge in [-0.15, -0.1) is 0 Å². The normalized spacial score (nSPS) is 22.0. The highest BCUT2D eigenvalue weighted by Gasteiger charge is 2.52. The van der Waals surface area contributed by atoms with E-state index < -0.39 is 28.7 Å². The maximum Gasteiger partial charge on any atom is 0.411 e. The number of ether oxygens (including phenoxy) is 1. The number of carbonyl (C=O) groups is 4. The lowest BCUT2D eigenvalue weighted by Crippen LogP contribution is -2.66. The lowest BCUT2D eigenvalue weighted by atomic mass is 9.79. The average Bonchev–Trinajstić information content (AvgIpc) is 3.47. The minimum atomic E-state index is -1.23. The molecule has 3 aromatic rings. The molecular weight excluding hydrogens is 558 g/mol. The maximum atomic E-state index is 14.0. The van der Waals surface area contributed by atoms with Crippen LogP contribution >= 0.6 is 0 Å². The molecule has 0 radical (unpaired) electrons. The van der Waals surface area contributed by atoms with Crippen molar-refractivity contribution in [1.29, 1.82) is 0 Å². The Balaban J connectivity index is 1.22. The molecule has 0 unspecified atom stereocenters. The number of nitrogens with zero attached hydrogens (tertiary/aromatic N) is 3. The summed E-state index contributed by atoms with van der Waals surface area (Å²) in [6.45, 7) is 8.67. The van der Waals surface area contributed by atoms with Crippen molar-refractivity contribution in [3.05, 3.63) is 89.1 Å². The molecule has 2 N–H and O–H groups in total. The molecular formula is C34H37N5O5. The first-order valence-corrected chi connectivity index (χ1v) is 14.8. The van der Waals surface area contributed by atoms with Gasteiger partial charge in [0.1, 0.15) is 23.5 Å². The topological polar surface area (TPSA) is 121 Å². The van der Waals surface area contributed by atoms with Gasteiger partial charge in [0.05, 0.1) is 11.5 Å². The fourth-order valence-electron chi connectivity index (χ4n) is 6.57. The predicted molar refractivity (Wildman–Crippen MR) is 165 cm³/mol. The summed E-state index contributed by atoms with van der Waals surface area (Å²) in [6, 6.07) is 18.3. The van der Waals surface area contributed by atoms with E-state index in [9.17, 15) is 19.2 Å². The number of anilines is 2. The number of rotatable bonds is 4. The molecule has 44 heavy (non-hydrogen) atoms. The molecule has 1 aromatic heterocycles. The minimum absolute atomic E-state index is 0.0633. The van der Waals surface area contributed by atoms with Crippen LogP contribution in [0.5, 0.6) is 0 Å². The van der Waals surface area contributed by atoms with Crippen molar-refractivity contribution in [3.8, 4) is 0 Å². The van der Waals surface area contributed by atoms with E-state index in [4.69, 9.17) is 4.74 Å². The number of fused-ring (bicyclic) bond motifs is 3. The molecule has 3 heterocycles. The summed E-state index contributed by atoms with van der Waals surface area (Å²) in [4.78, 5) is 61.1. The van der Waals surface area contributed by atoms with Crippen LogP contribution in [0.15, 0.2) is 66.9 Å². The third-order valence-electron chi connectivity index (χ3n) is 8.77. The summed E-state index contributed by atoms with van der Waals surface area (Å²) in [6.07, 6.45) is 2.16. The number of hydrogen-bond donors (Lipinski definition) is 2. The van der Waals surface area contributed by atoms with Crippen molar-refractivity contribution in [2.75, 3.05) is 23.7 Å². The molecule has 228 valence electrons. The van der Waals surface area contributed by atoms with Gasteiger partial charge in [-0.2, -0.15) is 0 Å².